The molecule has 0 radical (unpaired) electrons. The summed E-state index contributed by atoms with van der Waals surface area (Å²) in [6.45, 7) is 6.22. The lowest BCUT2D eigenvalue weighted by atomic mass is 9.87. The Balaban J connectivity index is 1.51. The molecule has 1 fully saturated rings. The smallest absolute Gasteiger partial charge is 0.122 e. The molecule has 2 aromatic rings. The molecule has 0 saturated carbocycles. The first kappa shape index (κ1) is 17.6. The van der Waals surface area contributed by atoms with Gasteiger partial charge in [0.25, 0.3) is 0 Å². The number of morpholine rings is 1. The Labute approximate surface area is 155 Å². The van der Waals surface area contributed by atoms with E-state index in [1.54, 1.807) is 6.07 Å². The molecule has 1 aliphatic heterocycles. The van der Waals surface area contributed by atoms with Gasteiger partial charge in [-0.25, -0.2) is 0 Å². The van der Waals surface area contributed by atoms with Gasteiger partial charge in [0.15, 0.2) is 0 Å². The SMILES string of the molecule is Cc1ccc(C(CNC2CCCc3ccc(O)cc32)N2CCOCC2)o1. The Morgan fingerprint density at radius 2 is 2.08 bits per heavy atom. The van der Waals surface area contributed by atoms with Crippen molar-refractivity contribution in [3.8, 4) is 5.75 Å². The maximum Gasteiger partial charge on any atom is 0.122 e. The molecule has 0 bridgehead atoms. The fourth-order valence-electron chi connectivity index (χ4n) is 4.18. The highest BCUT2D eigenvalue weighted by Crippen LogP contribution is 2.33. The molecule has 2 aliphatic rings. The number of aromatic hydroxyl groups is 1. The third-order valence-electron chi connectivity index (χ3n) is 5.58. The van der Waals surface area contributed by atoms with Crippen LogP contribution in [0.3, 0.4) is 0 Å². The van der Waals surface area contributed by atoms with Gasteiger partial charge in [-0.2, -0.15) is 0 Å². The predicted octanol–water partition coefficient (Wildman–Crippen LogP) is 3.33. The van der Waals surface area contributed by atoms with Crippen LogP contribution >= 0.6 is 0 Å². The minimum absolute atomic E-state index is 0.204. The van der Waals surface area contributed by atoms with Gasteiger partial charge in [-0.05, 0) is 61.6 Å². The van der Waals surface area contributed by atoms with Crippen molar-refractivity contribution in [2.75, 3.05) is 32.8 Å². The molecule has 2 N–H and O–H groups in total. The van der Waals surface area contributed by atoms with Crippen LogP contribution in [0.25, 0.3) is 0 Å². The Bertz CT molecular complexity index is 737. The number of aryl methyl sites for hydroxylation is 2. The van der Waals surface area contributed by atoms with Gasteiger partial charge in [-0.15, -0.1) is 0 Å². The minimum Gasteiger partial charge on any atom is -0.508 e. The molecule has 1 aromatic heterocycles. The maximum absolute atomic E-state index is 9.90. The zero-order valence-corrected chi connectivity index (χ0v) is 15.4. The van der Waals surface area contributed by atoms with Crippen molar-refractivity contribution in [3.63, 3.8) is 0 Å². The summed E-state index contributed by atoms with van der Waals surface area (Å²) in [7, 11) is 0. The molecule has 5 nitrogen and oxygen atoms in total. The van der Waals surface area contributed by atoms with Gasteiger partial charge >= 0.3 is 0 Å². The lowest BCUT2D eigenvalue weighted by Gasteiger charge is -2.35. The molecule has 1 aliphatic carbocycles. The number of benzene rings is 1. The van der Waals surface area contributed by atoms with Crippen molar-refractivity contribution >= 4 is 0 Å². The second-order valence-electron chi connectivity index (χ2n) is 7.35. The Kier molecular flexibility index (Phi) is 5.29. The van der Waals surface area contributed by atoms with Crippen molar-refractivity contribution in [1.82, 2.24) is 10.2 Å². The molecule has 1 saturated heterocycles. The van der Waals surface area contributed by atoms with Gasteiger partial charge in [0.1, 0.15) is 17.3 Å². The average molecular weight is 356 g/mol. The molecule has 26 heavy (non-hydrogen) atoms. The number of hydrogen-bond donors (Lipinski definition) is 2. The van der Waals surface area contributed by atoms with E-state index in [-0.39, 0.29) is 12.1 Å². The molecule has 2 atom stereocenters. The fraction of sp³-hybridized carbons (Fsp3) is 0.524. The van der Waals surface area contributed by atoms with Crippen LogP contribution in [0.4, 0.5) is 0 Å². The highest BCUT2D eigenvalue weighted by molar-refractivity contribution is 5.38. The van der Waals surface area contributed by atoms with Crippen molar-refractivity contribution < 1.29 is 14.3 Å². The molecule has 5 heteroatoms. The van der Waals surface area contributed by atoms with Gasteiger partial charge in [0.2, 0.25) is 0 Å². The van der Waals surface area contributed by atoms with Gasteiger partial charge in [-0.3, -0.25) is 4.90 Å². The highest BCUT2D eigenvalue weighted by atomic mass is 16.5. The van der Waals surface area contributed by atoms with E-state index in [0.717, 1.165) is 57.2 Å². The molecular weight excluding hydrogens is 328 g/mol. The number of phenolic OH excluding ortho intramolecular Hbond substituents is 1. The van der Waals surface area contributed by atoms with E-state index in [1.165, 1.54) is 17.5 Å². The molecule has 2 unspecified atom stereocenters. The van der Waals surface area contributed by atoms with Gasteiger partial charge in [0.05, 0.1) is 19.3 Å². The third-order valence-corrected chi connectivity index (χ3v) is 5.58. The van der Waals surface area contributed by atoms with Crippen LogP contribution in [0.15, 0.2) is 34.7 Å². The molecule has 1 aromatic carbocycles. The molecule has 0 spiro atoms. The largest absolute Gasteiger partial charge is 0.508 e. The molecule has 4 rings (SSSR count). The van der Waals surface area contributed by atoms with Gasteiger partial charge in [-0.1, -0.05) is 6.07 Å². The lowest BCUT2D eigenvalue weighted by molar-refractivity contribution is 0.0108. The van der Waals surface area contributed by atoms with E-state index in [9.17, 15) is 5.11 Å². The average Bonchev–Trinajstić information content (AvgIpc) is 3.09. The zero-order valence-electron chi connectivity index (χ0n) is 15.4. The maximum atomic E-state index is 9.90. The molecular formula is C21H28N2O3. The van der Waals surface area contributed by atoms with E-state index in [1.807, 2.05) is 19.1 Å². The number of fused-ring (bicyclic) bond motifs is 1. The number of hydrogen-bond acceptors (Lipinski definition) is 5. The topological polar surface area (TPSA) is 57.9 Å². The van der Waals surface area contributed by atoms with Crippen molar-refractivity contribution in [1.29, 1.82) is 0 Å². The van der Waals surface area contributed by atoms with Crippen LogP contribution < -0.4 is 5.32 Å². The number of ether oxygens (including phenoxy) is 1. The van der Waals surface area contributed by atoms with E-state index >= 15 is 0 Å². The summed E-state index contributed by atoms with van der Waals surface area (Å²) in [5.74, 6) is 2.32. The van der Waals surface area contributed by atoms with Gasteiger partial charge < -0.3 is 19.6 Å². The number of furan rings is 1. The first-order chi connectivity index (χ1) is 12.7. The Morgan fingerprint density at radius 1 is 1.23 bits per heavy atom. The minimum atomic E-state index is 0.204. The van der Waals surface area contributed by atoms with Crippen molar-refractivity contribution in [3.05, 3.63) is 53.0 Å². The van der Waals surface area contributed by atoms with Crippen LogP contribution in [0.2, 0.25) is 0 Å². The summed E-state index contributed by atoms with van der Waals surface area (Å²) in [5, 5.41) is 13.7. The number of rotatable bonds is 5. The third kappa shape index (κ3) is 3.80. The van der Waals surface area contributed by atoms with Crippen LogP contribution in [-0.4, -0.2) is 42.9 Å². The highest BCUT2D eigenvalue weighted by Gasteiger charge is 2.27. The van der Waals surface area contributed by atoms with Crippen LogP contribution in [0.1, 0.15) is 47.6 Å². The quantitative estimate of drug-likeness (QED) is 0.861. The number of phenols is 1. The summed E-state index contributed by atoms with van der Waals surface area (Å²) in [6, 6.07) is 10.4. The Morgan fingerprint density at radius 3 is 2.85 bits per heavy atom. The molecule has 2 heterocycles. The van der Waals surface area contributed by atoms with E-state index < -0.39 is 0 Å². The van der Waals surface area contributed by atoms with E-state index in [0.29, 0.717) is 5.75 Å². The second kappa shape index (κ2) is 7.82. The zero-order chi connectivity index (χ0) is 17.9. The second-order valence-corrected chi connectivity index (χ2v) is 7.35. The lowest BCUT2D eigenvalue weighted by Crippen LogP contribution is -2.43. The molecule has 140 valence electrons. The summed E-state index contributed by atoms with van der Waals surface area (Å²) >= 11 is 0. The predicted molar refractivity (Wildman–Crippen MR) is 100 cm³/mol. The van der Waals surface area contributed by atoms with Crippen LogP contribution in [-0.2, 0) is 11.2 Å². The van der Waals surface area contributed by atoms with Crippen molar-refractivity contribution in [2.45, 2.75) is 38.3 Å². The standard InChI is InChI=1S/C21H28N2O3/c1-15-5-8-21(26-15)20(23-9-11-25-12-10-23)14-22-19-4-2-3-16-6-7-17(24)13-18(16)19/h5-8,13,19-20,22,24H,2-4,9-12,14H2,1H3. The first-order valence-electron chi connectivity index (χ1n) is 9.64. The summed E-state index contributed by atoms with van der Waals surface area (Å²) in [5.41, 5.74) is 2.59. The van der Waals surface area contributed by atoms with Crippen LogP contribution in [0.5, 0.6) is 5.75 Å². The van der Waals surface area contributed by atoms with Crippen molar-refractivity contribution in [2.24, 2.45) is 0 Å². The summed E-state index contributed by atoms with van der Waals surface area (Å²) in [4.78, 5) is 2.45. The number of nitrogens with zero attached hydrogens (tertiary/aromatic N) is 1. The van der Waals surface area contributed by atoms with E-state index in [2.05, 4.69) is 22.3 Å². The summed E-state index contributed by atoms with van der Waals surface area (Å²) < 4.78 is 11.5. The number of nitrogens with one attached hydrogen (secondary N) is 1. The first-order valence-corrected chi connectivity index (χ1v) is 9.64. The molecule has 0 amide bonds. The Hall–Kier alpha value is -1.82. The normalized spacial score (nSPS) is 22.1. The van der Waals surface area contributed by atoms with E-state index in [4.69, 9.17) is 9.15 Å². The fourth-order valence-corrected chi connectivity index (χ4v) is 4.18. The van der Waals surface area contributed by atoms with Crippen LogP contribution in [0, 0.1) is 6.92 Å². The van der Waals surface area contributed by atoms with Gasteiger partial charge in [0, 0.05) is 25.7 Å². The monoisotopic (exact) mass is 356 g/mol. The summed E-state index contributed by atoms with van der Waals surface area (Å²) in [6.07, 6.45) is 3.37.